The van der Waals surface area contributed by atoms with E-state index in [2.05, 4.69) is 31.0 Å². The van der Waals surface area contributed by atoms with Crippen molar-refractivity contribution in [2.45, 2.75) is 32.4 Å². The molecular formula is C13H21ClN2. The Hall–Kier alpha value is -0.570. The molecule has 0 saturated heterocycles. The highest BCUT2D eigenvalue weighted by Gasteiger charge is 2.11. The summed E-state index contributed by atoms with van der Waals surface area (Å²) in [5.74, 6) is 0. The van der Waals surface area contributed by atoms with Crippen LogP contribution in [0.15, 0.2) is 24.3 Å². The molecule has 1 rings (SSSR count). The zero-order chi connectivity index (χ0) is 12.1. The lowest BCUT2D eigenvalue weighted by atomic mass is 10.1. The normalized spacial score (nSPS) is 15.1. The van der Waals surface area contributed by atoms with E-state index in [0.717, 1.165) is 18.0 Å². The lowest BCUT2D eigenvalue weighted by Crippen LogP contribution is -2.39. The molecule has 0 spiro atoms. The van der Waals surface area contributed by atoms with Crippen LogP contribution in [0.1, 0.15) is 19.4 Å². The third-order valence-corrected chi connectivity index (χ3v) is 3.02. The van der Waals surface area contributed by atoms with Gasteiger partial charge in [-0.3, -0.25) is 0 Å². The lowest BCUT2D eigenvalue weighted by molar-refractivity contribution is 0.245. The highest BCUT2D eigenvalue weighted by atomic mass is 35.5. The minimum Gasteiger partial charge on any atom is -0.327 e. The summed E-state index contributed by atoms with van der Waals surface area (Å²) in [5.41, 5.74) is 7.10. The quantitative estimate of drug-likeness (QED) is 0.857. The molecule has 3 heteroatoms. The van der Waals surface area contributed by atoms with Crippen molar-refractivity contribution in [3.05, 3.63) is 34.9 Å². The Balaban J connectivity index is 2.50. The average Bonchev–Trinajstić information content (AvgIpc) is 2.20. The minimum atomic E-state index is 0.220. The third kappa shape index (κ3) is 4.52. The zero-order valence-electron chi connectivity index (χ0n) is 10.3. The van der Waals surface area contributed by atoms with E-state index in [1.165, 1.54) is 5.56 Å². The van der Waals surface area contributed by atoms with Crippen molar-refractivity contribution >= 4 is 11.6 Å². The van der Waals surface area contributed by atoms with E-state index in [-0.39, 0.29) is 6.04 Å². The number of nitrogens with two attached hydrogens (primary N) is 1. The topological polar surface area (TPSA) is 29.3 Å². The average molecular weight is 241 g/mol. The van der Waals surface area contributed by atoms with E-state index in [9.17, 15) is 0 Å². The fourth-order valence-corrected chi connectivity index (χ4v) is 1.88. The van der Waals surface area contributed by atoms with E-state index in [0.29, 0.717) is 6.04 Å². The van der Waals surface area contributed by atoms with Crippen LogP contribution in [0.5, 0.6) is 0 Å². The van der Waals surface area contributed by atoms with E-state index in [4.69, 9.17) is 17.3 Å². The molecule has 0 aromatic heterocycles. The van der Waals surface area contributed by atoms with Gasteiger partial charge < -0.3 is 10.6 Å². The molecule has 1 aromatic rings. The molecule has 2 unspecified atom stereocenters. The second-order valence-electron chi connectivity index (χ2n) is 4.60. The first kappa shape index (κ1) is 13.5. The predicted octanol–water partition coefficient (Wildman–Crippen LogP) is 2.55. The van der Waals surface area contributed by atoms with Crippen LogP contribution in [-0.2, 0) is 6.42 Å². The van der Waals surface area contributed by atoms with Crippen LogP contribution in [0, 0.1) is 0 Å². The van der Waals surface area contributed by atoms with Crippen LogP contribution in [0.25, 0.3) is 0 Å². The molecule has 2 nitrogen and oxygen atoms in total. The van der Waals surface area contributed by atoms with Crippen LogP contribution in [0.3, 0.4) is 0 Å². The Morgan fingerprint density at radius 3 is 2.31 bits per heavy atom. The number of hydrogen-bond acceptors (Lipinski definition) is 2. The fraction of sp³-hybridized carbons (Fsp3) is 0.538. The largest absolute Gasteiger partial charge is 0.327 e. The van der Waals surface area contributed by atoms with E-state index >= 15 is 0 Å². The van der Waals surface area contributed by atoms with Gasteiger partial charge >= 0.3 is 0 Å². The Morgan fingerprint density at radius 2 is 1.81 bits per heavy atom. The number of benzene rings is 1. The molecule has 90 valence electrons. The minimum absolute atomic E-state index is 0.220. The van der Waals surface area contributed by atoms with Gasteiger partial charge in [0, 0.05) is 23.7 Å². The van der Waals surface area contributed by atoms with Crippen molar-refractivity contribution in [3.8, 4) is 0 Å². The summed E-state index contributed by atoms with van der Waals surface area (Å²) in [6, 6.07) is 8.76. The summed E-state index contributed by atoms with van der Waals surface area (Å²) >= 11 is 5.85. The van der Waals surface area contributed by atoms with E-state index in [1.807, 2.05) is 19.1 Å². The van der Waals surface area contributed by atoms with Crippen LogP contribution >= 0.6 is 11.6 Å². The Bertz CT molecular complexity index is 308. The fourth-order valence-electron chi connectivity index (χ4n) is 1.75. The maximum Gasteiger partial charge on any atom is 0.0406 e. The number of rotatable bonds is 5. The summed E-state index contributed by atoms with van der Waals surface area (Å²) in [7, 11) is 2.12. The van der Waals surface area contributed by atoms with Crippen LogP contribution in [-0.4, -0.2) is 30.6 Å². The monoisotopic (exact) mass is 240 g/mol. The highest BCUT2D eigenvalue weighted by molar-refractivity contribution is 6.30. The number of halogens is 1. The summed E-state index contributed by atoms with van der Waals surface area (Å²) in [5, 5.41) is 0.792. The SMILES string of the molecule is CC(N)CN(C)C(C)Cc1ccc(Cl)cc1. The van der Waals surface area contributed by atoms with Crippen molar-refractivity contribution in [1.82, 2.24) is 4.90 Å². The summed E-state index contributed by atoms with van der Waals surface area (Å²) in [4.78, 5) is 2.29. The van der Waals surface area contributed by atoms with Crippen molar-refractivity contribution in [1.29, 1.82) is 0 Å². The zero-order valence-corrected chi connectivity index (χ0v) is 11.0. The Morgan fingerprint density at radius 1 is 1.25 bits per heavy atom. The van der Waals surface area contributed by atoms with Gasteiger partial charge in [0.25, 0.3) is 0 Å². The molecule has 0 fully saturated rings. The van der Waals surface area contributed by atoms with Gasteiger partial charge in [0.05, 0.1) is 0 Å². The molecule has 0 bridgehead atoms. The maximum absolute atomic E-state index is 5.85. The summed E-state index contributed by atoms with van der Waals surface area (Å²) in [6.07, 6.45) is 1.03. The predicted molar refractivity (Wildman–Crippen MR) is 70.9 cm³/mol. The second-order valence-corrected chi connectivity index (χ2v) is 5.03. The molecule has 0 heterocycles. The van der Waals surface area contributed by atoms with Gasteiger partial charge in [-0.25, -0.2) is 0 Å². The standard InChI is InChI=1S/C13H21ClN2/c1-10(15)9-16(3)11(2)8-12-4-6-13(14)7-5-12/h4-7,10-11H,8-9,15H2,1-3H3. The van der Waals surface area contributed by atoms with Gasteiger partial charge in [-0.1, -0.05) is 23.7 Å². The van der Waals surface area contributed by atoms with Gasteiger partial charge in [-0.15, -0.1) is 0 Å². The molecule has 0 aliphatic heterocycles. The van der Waals surface area contributed by atoms with Gasteiger partial charge in [0.15, 0.2) is 0 Å². The Kier molecular flexibility index (Phi) is 5.26. The van der Waals surface area contributed by atoms with Crippen molar-refractivity contribution < 1.29 is 0 Å². The van der Waals surface area contributed by atoms with E-state index < -0.39 is 0 Å². The molecular weight excluding hydrogens is 220 g/mol. The number of nitrogens with zero attached hydrogens (tertiary/aromatic N) is 1. The lowest BCUT2D eigenvalue weighted by Gasteiger charge is -2.26. The third-order valence-electron chi connectivity index (χ3n) is 2.77. The van der Waals surface area contributed by atoms with Crippen LogP contribution < -0.4 is 5.73 Å². The molecule has 16 heavy (non-hydrogen) atoms. The highest BCUT2D eigenvalue weighted by Crippen LogP contribution is 2.12. The maximum atomic E-state index is 5.85. The smallest absolute Gasteiger partial charge is 0.0406 e. The molecule has 0 amide bonds. The Labute approximate surface area is 103 Å². The summed E-state index contributed by atoms with van der Waals surface area (Å²) < 4.78 is 0. The number of hydrogen-bond donors (Lipinski definition) is 1. The van der Waals surface area contributed by atoms with Gasteiger partial charge in [0.1, 0.15) is 0 Å². The van der Waals surface area contributed by atoms with Crippen molar-refractivity contribution in [3.63, 3.8) is 0 Å². The van der Waals surface area contributed by atoms with Crippen molar-refractivity contribution in [2.75, 3.05) is 13.6 Å². The molecule has 2 atom stereocenters. The van der Waals surface area contributed by atoms with Crippen molar-refractivity contribution in [2.24, 2.45) is 5.73 Å². The number of likely N-dealkylation sites (N-methyl/N-ethyl adjacent to an activating group) is 1. The van der Waals surface area contributed by atoms with E-state index in [1.54, 1.807) is 0 Å². The van der Waals surface area contributed by atoms with Crippen LogP contribution in [0.4, 0.5) is 0 Å². The van der Waals surface area contributed by atoms with Gasteiger partial charge in [0.2, 0.25) is 0 Å². The van der Waals surface area contributed by atoms with Gasteiger partial charge in [-0.05, 0) is 45.0 Å². The first-order chi connectivity index (χ1) is 7.49. The molecule has 2 N–H and O–H groups in total. The summed E-state index contributed by atoms with van der Waals surface area (Å²) in [6.45, 7) is 5.18. The second kappa shape index (κ2) is 6.24. The van der Waals surface area contributed by atoms with Crippen LogP contribution in [0.2, 0.25) is 5.02 Å². The molecule has 1 aromatic carbocycles. The first-order valence-electron chi connectivity index (χ1n) is 5.69. The molecule has 0 aliphatic carbocycles. The first-order valence-corrected chi connectivity index (χ1v) is 6.07. The molecule has 0 aliphatic rings. The van der Waals surface area contributed by atoms with Gasteiger partial charge in [-0.2, -0.15) is 0 Å². The molecule has 0 saturated carbocycles. The molecule has 0 radical (unpaired) electrons.